The molecule has 4 atom stereocenters. The second-order valence-corrected chi connectivity index (χ2v) is 6.52. The van der Waals surface area contributed by atoms with Gasteiger partial charge in [-0.2, -0.15) is 0 Å². The molecule has 4 unspecified atom stereocenters. The van der Waals surface area contributed by atoms with Gasteiger partial charge in [-0.15, -0.1) is 0 Å². The number of rotatable bonds is 4. The molecule has 2 nitrogen and oxygen atoms in total. The molecule has 0 radical (unpaired) electrons. The first-order valence-corrected chi connectivity index (χ1v) is 8.22. The van der Waals surface area contributed by atoms with Crippen LogP contribution in [0.15, 0.2) is 0 Å². The van der Waals surface area contributed by atoms with Crippen LogP contribution in [-0.4, -0.2) is 36.6 Å². The first-order valence-electron chi connectivity index (χ1n) is 8.22. The number of nitrogens with zero attached hydrogens (tertiary/aromatic N) is 1. The Morgan fingerprint density at radius 1 is 1.17 bits per heavy atom. The third-order valence-electron chi connectivity index (χ3n) is 5.25. The third-order valence-corrected chi connectivity index (χ3v) is 5.25. The Morgan fingerprint density at radius 2 is 2.00 bits per heavy atom. The van der Waals surface area contributed by atoms with Crippen LogP contribution in [0.1, 0.15) is 59.3 Å². The molecule has 2 rings (SSSR count). The molecule has 1 saturated heterocycles. The van der Waals surface area contributed by atoms with Crippen molar-refractivity contribution in [2.24, 2.45) is 11.8 Å². The summed E-state index contributed by atoms with van der Waals surface area (Å²) >= 11 is 0. The second-order valence-electron chi connectivity index (χ2n) is 6.52. The Morgan fingerprint density at radius 3 is 2.67 bits per heavy atom. The van der Waals surface area contributed by atoms with Crippen LogP contribution in [-0.2, 0) is 0 Å². The maximum absolute atomic E-state index is 3.65. The highest BCUT2D eigenvalue weighted by atomic mass is 15.2. The van der Waals surface area contributed by atoms with Gasteiger partial charge in [-0.1, -0.05) is 40.0 Å². The quantitative estimate of drug-likeness (QED) is 0.826. The van der Waals surface area contributed by atoms with E-state index < -0.39 is 0 Å². The van der Waals surface area contributed by atoms with E-state index in [9.17, 15) is 0 Å². The van der Waals surface area contributed by atoms with Crippen molar-refractivity contribution < 1.29 is 0 Å². The Kier molecular flexibility index (Phi) is 5.50. The van der Waals surface area contributed by atoms with Crippen LogP contribution < -0.4 is 5.32 Å². The third kappa shape index (κ3) is 3.48. The maximum atomic E-state index is 3.65. The van der Waals surface area contributed by atoms with Crippen LogP contribution in [0.5, 0.6) is 0 Å². The van der Waals surface area contributed by atoms with E-state index >= 15 is 0 Å². The maximum Gasteiger partial charge on any atom is 0.0117 e. The fraction of sp³-hybridized carbons (Fsp3) is 1.00. The van der Waals surface area contributed by atoms with Crippen molar-refractivity contribution in [1.82, 2.24) is 10.2 Å². The molecule has 1 N–H and O–H groups in total. The summed E-state index contributed by atoms with van der Waals surface area (Å²) in [5, 5.41) is 3.65. The fourth-order valence-electron chi connectivity index (χ4n) is 4.04. The van der Waals surface area contributed by atoms with Gasteiger partial charge in [0.25, 0.3) is 0 Å². The van der Waals surface area contributed by atoms with Gasteiger partial charge in [0.15, 0.2) is 0 Å². The zero-order valence-electron chi connectivity index (χ0n) is 12.6. The van der Waals surface area contributed by atoms with Gasteiger partial charge in [0.05, 0.1) is 0 Å². The van der Waals surface area contributed by atoms with E-state index in [-0.39, 0.29) is 0 Å². The number of nitrogens with one attached hydrogen (secondary N) is 1. The van der Waals surface area contributed by atoms with Gasteiger partial charge in [0.1, 0.15) is 0 Å². The fourth-order valence-corrected chi connectivity index (χ4v) is 4.04. The van der Waals surface area contributed by atoms with E-state index in [0.29, 0.717) is 0 Å². The molecule has 18 heavy (non-hydrogen) atoms. The Hall–Kier alpha value is -0.0800. The van der Waals surface area contributed by atoms with Crippen LogP contribution in [0.25, 0.3) is 0 Å². The zero-order chi connectivity index (χ0) is 13.0. The molecule has 2 aliphatic rings. The van der Waals surface area contributed by atoms with Gasteiger partial charge in [-0.05, 0) is 44.2 Å². The highest BCUT2D eigenvalue weighted by molar-refractivity contribution is 4.88. The summed E-state index contributed by atoms with van der Waals surface area (Å²) in [7, 11) is 0. The Bertz CT molecular complexity index is 241. The molecule has 0 aromatic rings. The molecule has 106 valence electrons. The van der Waals surface area contributed by atoms with Crippen molar-refractivity contribution >= 4 is 0 Å². The Balaban J connectivity index is 1.83. The molecule has 0 spiro atoms. The van der Waals surface area contributed by atoms with Crippen molar-refractivity contribution in [3.63, 3.8) is 0 Å². The van der Waals surface area contributed by atoms with Crippen molar-refractivity contribution in [2.45, 2.75) is 71.4 Å². The predicted molar refractivity (Wildman–Crippen MR) is 78.9 cm³/mol. The molecule has 2 heteroatoms. The zero-order valence-corrected chi connectivity index (χ0v) is 12.6. The van der Waals surface area contributed by atoms with Crippen molar-refractivity contribution in [3.05, 3.63) is 0 Å². The molecule has 2 fully saturated rings. The summed E-state index contributed by atoms with van der Waals surface area (Å²) in [4.78, 5) is 2.81. The summed E-state index contributed by atoms with van der Waals surface area (Å²) < 4.78 is 0. The minimum atomic E-state index is 0.761. The van der Waals surface area contributed by atoms with Gasteiger partial charge in [-0.3, -0.25) is 4.90 Å². The lowest BCUT2D eigenvalue weighted by Gasteiger charge is -2.44. The van der Waals surface area contributed by atoms with Crippen LogP contribution in [0.2, 0.25) is 0 Å². The second kappa shape index (κ2) is 6.91. The first-order chi connectivity index (χ1) is 8.74. The summed E-state index contributed by atoms with van der Waals surface area (Å²) in [6.45, 7) is 10.8. The SMILES string of the molecule is CCNC1CCN(C2CCCC(CC)C2)CC1C. The smallest absolute Gasteiger partial charge is 0.0117 e. The summed E-state index contributed by atoms with van der Waals surface area (Å²) in [5.74, 6) is 1.83. The van der Waals surface area contributed by atoms with Gasteiger partial charge < -0.3 is 5.32 Å². The summed E-state index contributed by atoms with van der Waals surface area (Å²) in [6, 6.07) is 1.66. The van der Waals surface area contributed by atoms with E-state index in [0.717, 1.165) is 30.5 Å². The lowest BCUT2D eigenvalue weighted by Crippen LogP contribution is -2.52. The van der Waals surface area contributed by atoms with Crippen molar-refractivity contribution in [2.75, 3.05) is 19.6 Å². The highest BCUT2D eigenvalue weighted by Crippen LogP contribution is 2.32. The standard InChI is InChI=1S/C16H32N2/c1-4-14-7-6-8-15(11-14)18-10-9-16(17-5-2)13(3)12-18/h13-17H,4-12H2,1-3H3. The number of hydrogen-bond acceptors (Lipinski definition) is 2. The summed E-state index contributed by atoms with van der Waals surface area (Å²) in [6.07, 6.45) is 8.60. The lowest BCUT2D eigenvalue weighted by molar-refractivity contribution is 0.0698. The molecule has 0 bridgehead atoms. The van der Waals surface area contributed by atoms with E-state index in [4.69, 9.17) is 0 Å². The molecule has 1 saturated carbocycles. The highest BCUT2D eigenvalue weighted by Gasteiger charge is 2.31. The monoisotopic (exact) mass is 252 g/mol. The van der Waals surface area contributed by atoms with Gasteiger partial charge in [0, 0.05) is 18.6 Å². The van der Waals surface area contributed by atoms with Crippen LogP contribution in [0.3, 0.4) is 0 Å². The normalized spacial score (nSPS) is 38.8. The van der Waals surface area contributed by atoms with E-state index in [1.54, 1.807) is 0 Å². The molecular weight excluding hydrogens is 220 g/mol. The number of hydrogen-bond donors (Lipinski definition) is 1. The molecule has 1 heterocycles. The van der Waals surface area contributed by atoms with Crippen LogP contribution >= 0.6 is 0 Å². The number of piperidine rings is 1. The lowest BCUT2D eigenvalue weighted by atomic mass is 9.82. The molecule has 1 aliphatic carbocycles. The van der Waals surface area contributed by atoms with Gasteiger partial charge >= 0.3 is 0 Å². The van der Waals surface area contributed by atoms with Crippen molar-refractivity contribution in [3.8, 4) is 0 Å². The predicted octanol–water partition coefficient (Wildman–Crippen LogP) is 3.28. The average molecular weight is 252 g/mol. The largest absolute Gasteiger partial charge is 0.314 e. The van der Waals surface area contributed by atoms with E-state index in [1.807, 2.05) is 0 Å². The van der Waals surface area contributed by atoms with Crippen LogP contribution in [0.4, 0.5) is 0 Å². The Labute approximate surface area is 114 Å². The van der Waals surface area contributed by atoms with E-state index in [1.165, 1.54) is 51.6 Å². The summed E-state index contributed by atoms with van der Waals surface area (Å²) in [5.41, 5.74) is 0. The van der Waals surface area contributed by atoms with E-state index in [2.05, 4.69) is 31.0 Å². The molecule has 1 aliphatic heterocycles. The molecule has 0 aromatic carbocycles. The van der Waals surface area contributed by atoms with Crippen molar-refractivity contribution in [1.29, 1.82) is 0 Å². The number of likely N-dealkylation sites (tertiary alicyclic amines) is 1. The average Bonchev–Trinajstić information content (AvgIpc) is 2.41. The van der Waals surface area contributed by atoms with Gasteiger partial charge in [0.2, 0.25) is 0 Å². The van der Waals surface area contributed by atoms with Crippen LogP contribution in [0, 0.1) is 11.8 Å². The molecule has 0 amide bonds. The molecule has 0 aromatic heterocycles. The molecular formula is C16H32N2. The minimum Gasteiger partial charge on any atom is -0.314 e. The van der Waals surface area contributed by atoms with Gasteiger partial charge in [-0.25, -0.2) is 0 Å². The topological polar surface area (TPSA) is 15.3 Å². The minimum absolute atomic E-state index is 0.761. The first kappa shape index (κ1) is 14.3.